The molecule has 2 nitrogen and oxygen atoms in total. The lowest BCUT2D eigenvalue weighted by Crippen LogP contribution is -2.00. The van der Waals surface area contributed by atoms with Crippen molar-refractivity contribution in [2.24, 2.45) is 0 Å². The Morgan fingerprint density at radius 2 is 1.83 bits per heavy atom. The molecule has 0 fully saturated rings. The van der Waals surface area contributed by atoms with Crippen LogP contribution in [-0.2, 0) is 6.54 Å². The molecule has 0 bridgehead atoms. The molecule has 0 aliphatic heterocycles. The topological polar surface area (TPSA) is 32.3 Å². The monoisotopic (exact) mass is 241 g/mol. The SMILES string of the molecule is CC(C)c1cccc(NCc2cccc(O)c2)c1. The van der Waals surface area contributed by atoms with Gasteiger partial charge in [0.15, 0.2) is 0 Å². The third-order valence-electron chi connectivity index (χ3n) is 2.96. The van der Waals surface area contributed by atoms with Gasteiger partial charge in [0.25, 0.3) is 0 Å². The summed E-state index contributed by atoms with van der Waals surface area (Å²) in [7, 11) is 0. The van der Waals surface area contributed by atoms with Gasteiger partial charge in [0.2, 0.25) is 0 Å². The van der Waals surface area contributed by atoms with Crippen molar-refractivity contribution in [1.82, 2.24) is 0 Å². The Bertz CT molecular complexity index is 520. The van der Waals surface area contributed by atoms with E-state index in [-0.39, 0.29) is 0 Å². The molecule has 2 heteroatoms. The van der Waals surface area contributed by atoms with Gasteiger partial charge in [0.1, 0.15) is 5.75 Å². The Morgan fingerprint density at radius 3 is 2.56 bits per heavy atom. The van der Waals surface area contributed by atoms with Gasteiger partial charge in [-0.25, -0.2) is 0 Å². The summed E-state index contributed by atoms with van der Waals surface area (Å²) in [6.07, 6.45) is 0. The average Bonchev–Trinajstić information content (AvgIpc) is 2.37. The van der Waals surface area contributed by atoms with Crippen molar-refractivity contribution in [3.05, 3.63) is 59.7 Å². The molecular formula is C16H19NO. The molecule has 0 amide bonds. The van der Waals surface area contributed by atoms with Crippen LogP contribution in [0.25, 0.3) is 0 Å². The van der Waals surface area contributed by atoms with Gasteiger partial charge in [-0.15, -0.1) is 0 Å². The number of phenols is 1. The van der Waals surface area contributed by atoms with E-state index in [0.29, 0.717) is 11.7 Å². The Balaban J connectivity index is 2.04. The number of anilines is 1. The van der Waals surface area contributed by atoms with Crippen LogP contribution in [-0.4, -0.2) is 5.11 Å². The summed E-state index contributed by atoms with van der Waals surface area (Å²) in [6, 6.07) is 15.8. The molecule has 2 aromatic carbocycles. The van der Waals surface area contributed by atoms with Crippen molar-refractivity contribution in [2.45, 2.75) is 26.3 Å². The number of phenolic OH excluding ortho intramolecular Hbond substituents is 1. The highest BCUT2D eigenvalue weighted by atomic mass is 16.3. The van der Waals surface area contributed by atoms with Crippen LogP contribution >= 0.6 is 0 Å². The summed E-state index contributed by atoms with van der Waals surface area (Å²) in [5.41, 5.74) is 3.52. The maximum atomic E-state index is 9.40. The van der Waals surface area contributed by atoms with Crippen molar-refractivity contribution in [3.8, 4) is 5.75 Å². The zero-order chi connectivity index (χ0) is 13.0. The van der Waals surface area contributed by atoms with Crippen molar-refractivity contribution >= 4 is 5.69 Å². The molecule has 2 N–H and O–H groups in total. The van der Waals surface area contributed by atoms with Crippen LogP contribution in [0.5, 0.6) is 5.75 Å². The molecule has 0 aromatic heterocycles. The predicted octanol–water partition coefficient (Wildman–Crippen LogP) is 4.13. The van der Waals surface area contributed by atoms with E-state index in [9.17, 15) is 5.11 Å². The van der Waals surface area contributed by atoms with Gasteiger partial charge < -0.3 is 10.4 Å². The normalized spacial score (nSPS) is 10.6. The number of hydrogen-bond donors (Lipinski definition) is 2. The van der Waals surface area contributed by atoms with E-state index < -0.39 is 0 Å². The van der Waals surface area contributed by atoms with E-state index in [0.717, 1.165) is 17.8 Å². The van der Waals surface area contributed by atoms with Gasteiger partial charge >= 0.3 is 0 Å². The fourth-order valence-corrected chi connectivity index (χ4v) is 1.88. The van der Waals surface area contributed by atoms with Crippen LogP contribution in [0, 0.1) is 0 Å². The second kappa shape index (κ2) is 5.58. The first-order valence-corrected chi connectivity index (χ1v) is 6.27. The lowest BCUT2D eigenvalue weighted by molar-refractivity contribution is 0.474. The largest absolute Gasteiger partial charge is 0.508 e. The predicted molar refractivity (Wildman–Crippen MR) is 76.0 cm³/mol. The first-order valence-electron chi connectivity index (χ1n) is 6.27. The third-order valence-corrected chi connectivity index (χ3v) is 2.96. The molecule has 2 aromatic rings. The number of hydrogen-bond acceptors (Lipinski definition) is 2. The lowest BCUT2D eigenvalue weighted by atomic mass is 10.0. The minimum absolute atomic E-state index is 0.310. The summed E-state index contributed by atoms with van der Waals surface area (Å²) in [6.45, 7) is 5.10. The summed E-state index contributed by atoms with van der Waals surface area (Å²) >= 11 is 0. The van der Waals surface area contributed by atoms with E-state index in [1.807, 2.05) is 12.1 Å². The van der Waals surface area contributed by atoms with Crippen molar-refractivity contribution in [3.63, 3.8) is 0 Å². The van der Waals surface area contributed by atoms with E-state index in [2.05, 4.69) is 43.4 Å². The van der Waals surface area contributed by atoms with E-state index in [1.54, 1.807) is 12.1 Å². The highest BCUT2D eigenvalue weighted by Gasteiger charge is 2.00. The van der Waals surface area contributed by atoms with Crippen molar-refractivity contribution in [1.29, 1.82) is 0 Å². The smallest absolute Gasteiger partial charge is 0.115 e. The highest BCUT2D eigenvalue weighted by Crippen LogP contribution is 2.19. The summed E-state index contributed by atoms with van der Waals surface area (Å²) in [5, 5.41) is 12.8. The summed E-state index contributed by atoms with van der Waals surface area (Å²) in [5.74, 6) is 0.845. The van der Waals surface area contributed by atoms with Crippen molar-refractivity contribution < 1.29 is 5.11 Å². The molecule has 0 radical (unpaired) electrons. The van der Waals surface area contributed by atoms with E-state index in [4.69, 9.17) is 0 Å². The number of nitrogens with one attached hydrogen (secondary N) is 1. The van der Waals surface area contributed by atoms with Crippen LogP contribution in [0.2, 0.25) is 0 Å². The molecule has 0 heterocycles. The van der Waals surface area contributed by atoms with Crippen LogP contribution in [0.4, 0.5) is 5.69 Å². The highest BCUT2D eigenvalue weighted by molar-refractivity contribution is 5.47. The molecule has 0 saturated carbocycles. The van der Waals surface area contributed by atoms with Gasteiger partial charge in [-0.3, -0.25) is 0 Å². The minimum Gasteiger partial charge on any atom is -0.508 e. The van der Waals surface area contributed by atoms with Crippen LogP contribution in [0.15, 0.2) is 48.5 Å². The molecular weight excluding hydrogens is 222 g/mol. The number of rotatable bonds is 4. The van der Waals surface area contributed by atoms with E-state index in [1.165, 1.54) is 5.56 Å². The molecule has 0 aliphatic carbocycles. The quantitative estimate of drug-likeness (QED) is 0.843. The van der Waals surface area contributed by atoms with Crippen LogP contribution in [0.1, 0.15) is 30.9 Å². The van der Waals surface area contributed by atoms with E-state index >= 15 is 0 Å². The lowest BCUT2D eigenvalue weighted by Gasteiger charge is -2.10. The standard InChI is InChI=1S/C16H19NO/c1-12(2)14-6-4-7-15(10-14)17-11-13-5-3-8-16(18)9-13/h3-10,12,17-18H,11H2,1-2H3. The fourth-order valence-electron chi connectivity index (χ4n) is 1.88. The minimum atomic E-state index is 0.310. The first kappa shape index (κ1) is 12.5. The maximum absolute atomic E-state index is 9.40. The molecule has 2 rings (SSSR count). The molecule has 0 unspecified atom stereocenters. The zero-order valence-corrected chi connectivity index (χ0v) is 10.9. The number of aromatic hydroxyl groups is 1. The van der Waals surface area contributed by atoms with Crippen LogP contribution < -0.4 is 5.32 Å². The molecule has 0 saturated heterocycles. The molecule has 0 aliphatic rings. The Labute approximate surface area is 108 Å². The maximum Gasteiger partial charge on any atom is 0.115 e. The van der Waals surface area contributed by atoms with Gasteiger partial charge in [0.05, 0.1) is 0 Å². The first-order chi connectivity index (χ1) is 8.65. The second-order valence-corrected chi connectivity index (χ2v) is 4.80. The molecule has 94 valence electrons. The third kappa shape index (κ3) is 3.27. The van der Waals surface area contributed by atoms with Crippen LogP contribution in [0.3, 0.4) is 0 Å². The fraction of sp³-hybridized carbons (Fsp3) is 0.250. The van der Waals surface area contributed by atoms with Gasteiger partial charge in [-0.1, -0.05) is 38.1 Å². The second-order valence-electron chi connectivity index (χ2n) is 4.80. The molecule has 0 atom stereocenters. The average molecular weight is 241 g/mol. The molecule has 18 heavy (non-hydrogen) atoms. The zero-order valence-electron chi connectivity index (χ0n) is 10.9. The van der Waals surface area contributed by atoms with Gasteiger partial charge in [0, 0.05) is 12.2 Å². The Kier molecular flexibility index (Phi) is 3.88. The number of benzene rings is 2. The Morgan fingerprint density at radius 1 is 1.06 bits per heavy atom. The summed E-state index contributed by atoms with van der Waals surface area (Å²) in [4.78, 5) is 0. The Hall–Kier alpha value is -1.96. The molecule has 0 spiro atoms. The van der Waals surface area contributed by atoms with Gasteiger partial charge in [-0.05, 0) is 41.3 Å². The van der Waals surface area contributed by atoms with Crippen molar-refractivity contribution in [2.75, 3.05) is 5.32 Å². The van der Waals surface area contributed by atoms with Gasteiger partial charge in [-0.2, -0.15) is 0 Å². The summed E-state index contributed by atoms with van der Waals surface area (Å²) < 4.78 is 0.